The van der Waals surface area contributed by atoms with Crippen LogP contribution in [0.2, 0.25) is 0 Å². The third-order valence-electron chi connectivity index (χ3n) is 7.75. The maximum Gasteiger partial charge on any atom is 0.249 e. The first-order valence-corrected chi connectivity index (χ1v) is 12.3. The number of rotatable bonds is 5. The number of ketones is 1. The standard InChI is InChI=1S/C30H30N2O3/c1-21(33)31-28(22-11-5-2-6-12-22)29(35)32-19-25-26(20-32)30(18-17-27(25)34,23-13-7-3-8-14-23)24-15-9-4-10-16-24/h2-16,25-26,28H,17-20H2,1H3,(H,31,33)/t25-,26+,28-/m0/s1. The van der Waals surface area contributed by atoms with Crippen LogP contribution in [0, 0.1) is 11.8 Å². The number of carbonyl (C=O) groups excluding carboxylic acids is 3. The third-order valence-corrected chi connectivity index (χ3v) is 7.75. The molecular formula is C30H30N2O3. The Morgan fingerprint density at radius 3 is 1.94 bits per heavy atom. The molecule has 0 radical (unpaired) electrons. The molecule has 5 heteroatoms. The van der Waals surface area contributed by atoms with Gasteiger partial charge in [-0.1, -0.05) is 91.0 Å². The number of amides is 2. The fourth-order valence-electron chi connectivity index (χ4n) is 6.17. The van der Waals surface area contributed by atoms with Gasteiger partial charge in [0, 0.05) is 43.7 Å². The maximum absolute atomic E-state index is 13.8. The molecule has 2 aliphatic rings. The smallest absolute Gasteiger partial charge is 0.249 e. The van der Waals surface area contributed by atoms with Gasteiger partial charge in [0.2, 0.25) is 11.8 Å². The van der Waals surface area contributed by atoms with Crippen molar-refractivity contribution in [2.45, 2.75) is 31.2 Å². The predicted molar refractivity (Wildman–Crippen MR) is 134 cm³/mol. The van der Waals surface area contributed by atoms with Gasteiger partial charge in [-0.15, -0.1) is 0 Å². The van der Waals surface area contributed by atoms with Gasteiger partial charge < -0.3 is 10.2 Å². The summed E-state index contributed by atoms with van der Waals surface area (Å²) in [6.45, 7) is 2.28. The van der Waals surface area contributed by atoms with Gasteiger partial charge in [0.25, 0.3) is 0 Å². The second-order valence-corrected chi connectivity index (χ2v) is 9.67. The molecule has 5 rings (SSSR count). The maximum atomic E-state index is 13.8. The van der Waals surface area contributed by atoms with E-state index in [9.17, 15) is 14.4 Å². The van der Waals surface area contributed by atoms with Crippen LogP contribution in [0.1, 0.15) is 42.5 Å². The van der Waals surface area contributed by atoms with Gasteiger partial charge in [0.1, 0.15) is 11.8 Å². The normalized spacial score (nSPS) is 21.7. The Balaban J connectivity index is 1.54. The molecule has 0 spiro atoms. The number of hydrogen-bond donors (Lipinski definition) is 1. The predicted octanol–water partition coefficient (Wildman–Crippen LogP) is 4.29. The van der Waals surface area contributed by atoms with Gasteiger partial charge in [0.05, 0.1) is 0 Å². The van der Waals surface area contributed by atoms with E-state index in [0.717, 1.165) is 12.0 Å². The van der Waals surface area contributed by atoms with E-state index in [4.69, 9.17) is 0 Å². The largest absolute Gasteiger partial charge is 0.341 e. The molecule has 1 saturated heterocycles. The summed E-state index contributed by atoms with van der Waals surface area (Å²) in [5, 5.41) is 2.83. The summed E-state index contributed by atoms with van der Waals surface area (Å²) in [4.78, 5) is 40.8. The number of likely N-dealkylation sites (tertiary alicyclic amines) is 1. The lowest BCUT2D eigenvalue weighted by molar-refractivity contribution is -0.135. The van der Waals surface area contributed by atoms with E-state index in [1.54, 1.807) is 4.90 Å². The average Bonchev–Trinajstić information content (AvgIpc) is 3.36. The van der Waals surface area contributed by atoms with Crippen molar-refractivity contribution >= 4 is 17.6 Å². The van der Waals surface area contributed by atoms with E-state index in [1.165, 1.54) is 18.1 Å². The van der Waals surface area contributed by atoms with Crippen molar-refractivity contribution in [2.24, 2.45) is 11.8 Å². The summed E-state index contributed by atoms with van der Waals surface area (Å²) in [6.07, 6.45) is 1.21. The van der Waals surface area contributed by atoms with E-state index in [1.807, 2.05) is 66.7 Å². The summed E-state index contributed by atoms with van der Waals surface area (Å²) in [6, 6.07) is 29.3. The lowest BCUT2D eigenvalue weighted by Gasteiger charge is -2.45. The van der Waals surface area contributed by atoms with E-state index < -0.39 is 6.04 Å². The van der Waals surface area contributed by atoms with Crippen LogP contribution in [0.3, 0.4) is 0 Å². The third kappa shape index (κ3) is 4.16. The SMILES string of the molecule is CC(=O)N[C@H](C(=O)N1C[C@@H]2C(=O)CCC(c3ccccc3)(c3ccccc3)[C@@H]2C1)c1ccccc1. The molecule has 3 aromatic carbocycles. The minimum Gasteiger partial charge on any atom is -0.341 e. The average molecular weight is 467 g/mol. The second-order valence-electron chi connectivity index (χ2n) is 9.67. The number of nitrogens with zero attached hydrogens (tertiary/aromatic N) is 1. The molecule has 1 heterocycles. The van der Waals surface area contributed by atoms with Gasteiger partial charge in [-0.3, -0.25) is 14.4 Å². The summed E-state index contributed by atoms with van der Waals surface area (Å²) in [5.74, 6) is -0.469. The van der Waals surface area contributed by atoms with Crippen molar-refractivity contribution in [1.29, 1.82) is 0 Å². The minimum atomic E-state index is -0.771. The molecule has 3 aromatic rings. The van der Waals surface area contributed by atoms with Crippen LogP contribution in [-0.4, -0.2) is 35.6 Å². The van der Waals surface area contributed by atoms with E-state index in [-0.39, 0.29) is 34.8 Å². The number of benzene rings is 3. The highest BCUT2D eigenvalue weighted by Crippen LogP contribution is 2.52. The molecule has 1 N–H and O–H groups in total. The summed E-state index contributed by atoms with van der Waals surface area (Å²) in [5.41, 5.74) is 2.76. The molecule has 5 nitrogen and oxygen atoms in total. The van der Waals surface area contributed by atoms with Crippen LogP contribution < -0.4 is 5.32 Å². The van der Waals surface area contributed by atoms with Crippen molar-refractivity contribution in [2.75, 3.05) is 13.1 Å². The van der Waals surface area contributed by atoms with E-state index >= 15 is 0 Å². The molecule has 1 aliphatic heterocycles. The fraction of sp³-hybridized carbons (Fsp3) is 0.300. The summed E-state index contributed by atoms with van der Waals surface area (Å²) in [7, 11) is 0. The zero-order valence-corrected chi connectivity index (χ0v) is 19.9. The second kappa shape index (κ2) is 9.49. The fourth-order valence-corrected chi connectivity index (χ4v) is 6.17. The Hall–Kier alpha value is -3.73. The summed E-state index contributed by atoms with van der Waals surface area (Å²) >= 11 is 0. The van der Waals surface area contributed by atoms with Crippen LogP contribution in [0.5, 0.6) is 0 Å². The van der Waals surface area contributed by atoms with E-state index in [2.05, 4.69) is 29.6 Å². The van der Waals surface area contributed by atoms with Gasteiger partial charge in [0.15, 0.2) is 0 Å². The lowest BCUT2D eigenvalue weighted by Crippen LogP contribution is -2.47. The Morgan fingerprint density at radius 2 is 1.40 bits per heavy atom. The number of Topliss-reactive ketones (excluding diaryl/α,β-unsaturated/α-hetero) is 1. The number of carbonyl (C=O) groups is 3. The van der Waals surface area contributed by atoms with Crippen LogP contribution in [-0.2, 0) is 19.8 Å². The Morgan fingerprint density at radius 1 is 0.857 bits per heavy atom. The van der Waals surface area contributed by atoms with Gasteiger partial charge in [-0.05, 0) is 23.1 Å². The van der Waals surface area contributed by atoms with Crippen LogP contribution >= 0.6 is 0 Å². The quantitative estimate of drug-likeness (QED) is 0.610. The highest BCUT2D eigenvalue weighted by molar-refractivity contribution is 5.90. The first kappa shape index (κ1) is 23.0. The van der Waals surface area contributed by atoms with Crippen molar-refractivity contribution in [3.8, 4) is 0 Å². The highest BCUT2D eigenvalue weighted by Gasteiger charge is 2.55. The number of nitrogens with one attached hydrogen (secondary N) is 1. The molecule has 0 bridgehead atoms. The molecule has 0 aromatic heterocycles. The molecule has 2 amide bonds. The van der Waals surface area contributed by atoms with Crippen LogP contribution in [0.4, 0.5) is 0 Å². The Labute approximate surface area is 206 Å². The van der Waals surface area contributed by atoms with Crippen molar-refractivity contribution < 1.29 is 14.4 Å². The van der Waals surface area contributed by atoms with Crippen LogP contribution in [0.25, 0.3) is 0 Å². The van der Waals surface area contributed by atoms with Gasteiger partial charge >= 0.3 is 0 Å². The molecule has 2 fully saturated rings. The first-order valence-electron chi connectivity index (χ1n) is 12.3. The Bertz CT molecular complexity index is 1170. The molecule has 35 heavy (non-hydrogen) atoms. The Kier molecular flexibility index (Phi) is 6.25. The monoisotopic (exact) mass is 466 g/mol. The van der Waals surface area contributed by atoms with E-state index in [0.29, 0.717) is 19.5 Å². The molecular weight excluding hydrogens is 436 g/mol. The van der Waals surface area contributed by atoms with Crippen molar-refractivity contribution in [3.05, 3.63) is 108 Å². The molecule has 0 unspecified atom stereocenters. The van der Waals surface area contributed by atoms with Gasteiger partial charge in [-0.25, -0.2) is 0 Å². The molecule has 1 saturated carbocycles. The zero-order chi connectivity index (χ0) is 24.4. The molecule has 1 aliphatic carbocycles. The van der Waals surface area contributed by atoms with Crippen molar-refractivity contribution in [1.82, 2.24) is 10.2 Å². The zero-order valence-electron chi connectivity index (χ0n) is 19.9. The lowest BCUT2D eigenvalue weighted by atomic mass is 9.56. The number of fused-ring (bicyclic) bond motifs is 1. The molecule has 3 atom stereocenters. The number of hydrogen-bond acceptors (Lipinski definition) is 3. The molecule has 178 valence electrons. The van der Waals surface area contributed by atoms with Crippen molar-refractivity contribution in [3.63, 3.8) is 0 Å². The van der Waals surface area contributed by atoms with Gasteiger partial charge in [-0.2, -0.15) is 0 Å². The first-order chi connectivity index (χ1) is 17.0. The van der Waals surface area contributed by atoms with Crippen LogP contribution in [0.15, 0.2) is 91.0 Å². The highest BCUT2D eigenvalue weighted by atomic mass is 16.2. The minimum absolute atomic E-state index is 0.0359. The summed E-state index contributed by atoms with van der Waals surface area (Å²) < 4.78 is 0. The topological polar surface area (TPSA) is 66.5 Å².